The van der Waals surface area contributed by atoms with E-state index in [1.807, 2.05) is 44.2 Å². The van der Waals surface area contributed by atoms with Gasteiger partial charge in [-0.15, -0.1) is 0 Å². The summed E-state index contributed by atoms with van der Waals surface area (Å²) in [5.41, 5.74) is 5.45. The van der Waals surface area contributed by atoms with Crippen molar-refractivity contribution in [3.63, 3.8) is 0 Å². The summed E-state index contributed by atoms with van der Waals surface area (Å²) in [6.07, 6.45) is 3.04. The standard InChI is InChI=1S/C22H24N4O/c1-14(2)17-8-10-18(11-9-17)25-21-13-23-20(12-24-21)22(27)26-19-7-5-6-15(3)16(19)4/h5-14H,1-4H3,(H,24,25)(H,26,27). The number of aromatic nitrogens is 2. The predicted octanol–water partition coefficient (Wildman–Crippen LogP) is 5.21. The molecule has 0 fully saturated rings. The van der Waals surface area contributed by atoms with Crippen molar-refractivity contribution in [1.82, 2.24) is 9.97 Å². The highest BCUT2D eigenvalue weighted by Crippen LogP contribution is 2.20. The van der Waals surface area contributed by atoms with E-state index in [-0.39, 0.29) is 11.6 Å². The topological polar surface area (TPSA) is 66.9 Å². The van der Waals surface area contributed by atoms with Crippen LogP contribution in [-0.4, -0.2) is 15.9 Å². The van der Waals surface area contributed by atoms with Crippen molar-refractivity contribution in [3.05, 3.63) is 77.2 Å². The molecule has 1 amide bonds. The smallest absolute Gasteiger partial charge is 0.275 e. The number of anilines is 3. The molecule has 27 heavy (non-hydrogen) atoms. The summed E-state index contributed by atoms with van der Waals surface area (Å²) in [4.78, 5) is 20.9. The number of carbonyl (C=O) groups is 1. The first-order chi connectivity index (χ1) is 12.9. The lowest BCUT2D eigenvalue weighted by Gasteiger charge is -2.11. The van der Waals surface area contributed by atoms with Gasteiger partial charge in [0.2, 0.25) is 0 Å². The first-order valence-electron chi connectivity index (χ1n) is 9.00. The van der Waals surface area contributed by atoms with Crippen molar-refractivity contribution in [2.75, 3.05) is 10.6 Å². The maximum Gasteiger partial charge on any atom is 0.275 e. The first-order valence-corrected chi connectivity index (χ1v) is 9.00. The van der Waals surface area contributed by atoms with Crippen LogP contribution >= 0.6 is 0 Å². The van der Waals surface area contributed by atoms with Crippen LogP contribution in [0.4, 0.5) is 17.2 Å². The van der Waals surface area contributed by atoms with Crippen molar-refractivity contribution in [3.8, 4) is 0 Å². The third kappa shape index (κ3) is 4.50. The summed E-state index contributed by atoms with van der Waals surface area (Å²) < 4.78 is 0. The first kappa shape index (κ1) is 18.6. The van der Waals surface area contributed by atoms with Crippen LogP contribution in [0.3, 0.4) is 0 Å². The third-order valence-electron chi connectivity index (χ3n) is 4.59. The summed E-state index contributed by atoms with van der Waals surface area (Å²) in [6, 6.07) is 14.0. The van der Waals surface area contributed by atoms with Crippen molar-refractivity contribution in [2.45, 2.75) is 33.6 Å². The largest absolute Gasteiger partial charge is 0.339 e. The van der Waals surface area contributed by atoms with E-state index in [2.05, 4.69) is 46.6 Å². The van der Waals surface area contributed by atoms with E-state index in [9.17, 15) is 4.79 Å². The minimum Gasteiger partial charge on any atom is -0.339 e. The summed E-state index contributed by atoms with van der Waals surface area (Å²) in [6.45, 7) is 8.32. The number of nitrogens with zero attached hydrogens (tertiary/aromatic N) is 2. The quantitative estimate of drug-likeness (QED) is 0.655. The highest BCUT2D eigenvalue weighted by molar-refractivity contribution is 6.03. The van der Waals surface area contributed by atoms with Gasteiger partial charge in [0, 0.05) is 11.4 Å². The summed E-state index contributed by atoms with van der Waals surface area (Å²) in [5, 5.41) is 6.09. The fourth-order valence-electron chi connectivity index (χ4n) is 2.68. The normalized spacial score (nSPS) is 10.7. The molecule has 0 aliphatic carbocycles. The second kappa shape index (κ2) is 7.99. The summed E-state index contributed by atoms with van der Waals surface area (Å²) in [7, 11) is 0. The highest BCUT2D eigenvalue weighted by atomic mass is 16.1. The molecule has 2 N–H and O–H groups in total. The molecule has 138 valence electrons. The van der Waals surface area contributed by atoms with Gasteiger partial charge in [0.1, 0.15) is 11.5 Å². The lowest BCUT2D eigenvalue weighted by atomic mass is 10.0. The number of nitrogens with one attached hydrogen (secondary N) is 2. The molecule has 0 spiro atoms. The van der Waals surface area contributed by atoms with E-state index in [0.29, 0.717) is 11.7 Å². The van der Waals surface area contributed by atoms with Gasteiger partial charge in [-0.25, -0.2) is 9.97 Å². The van der Waals surface area contributed by atoms with Crippen LogP contribution in [0.1, 0.15) is 46.9 Å². The zero-order chi connectivity index (χ0) is 19.4. The van der Waals surface area contributed by atoms with Gasteiger partial charge in [0.25, 0.3) is 5.91 Å². The Bertz CT molecular complexity index is 932. The van der Waals surface area contributed by atoms with Gasteiger partial charge in [-0.05, 0) is 54.7 Å². The van der Waals surface area contributed by atoms with E-state index in [1.54, 1.807) is 6.20 Å². The fraction of sp³-hybridized carbons (Fsp3) is 0.227. The average molecular weight is 360 g/mol. The lowest BCUT2D eigenvalue weighted by molar-refractivity contribution is 0.102. The minimum absolute atomic E-state index is 0.274. The molecule has 0 atom stereocenters. The molecule has 1 aromatic heterocycles. The Labute approximate surface area is 159 Å². The Kier molecular flexibility index (Phi) is 5.50. The molecule has 0 radical (unpaired) electrons. The molecule has 0 aliphatic heterocycles. The van der Waals surface area contributed by atoms with Crippen LogP contribution in [0.25, 0.3) is 0 Å². The third-order valence-corrected chi connectivity index (χ3v) is 4.59. The second-order valence-corrected chi connectivity index (χ2v) is 6.89. The van der Waals surface area contributed by atoms with Gasteiger partial charge in [-0.3, -0.25) is 4.79 Å². The SMILES string of the molecule is Cc1cccc(NC(=O)c2cnc(Nc3ccc(C(C)C)cc3)cn2)c1C. The summed E-state index contributed by atoms with van der Waals surface area (Å²) in [5.74, 6) is 0.813. The highest BCUT2D eigenvalue weighted by Gasteiger charge is 2.11. The number of rotatable bonds is 5. The Hall–Kier alpha value is -3.21. The number of hydrogen-bond donors (Lipinski definition) is 2. The molecule has 5 heteroatoms. The van der Waals surface area contributed by atoms with Crippen LogP contribution in [0.15, 0.2) is 54.9 Å². The molecule has 0 aliphatic rings. The second-order valence-electron chi connectivity index (χ2n) is 6.89. The van der Waals surface area contributed by atoms with Gasteiger partial charge in [-0.1, -0.05) is 38.1 Å². The zero-order valence-corrected chi connectivity index (χ0v) is 16.1. The van der Waals surface area contributed by atoms with Crippen LogP contribution < -0.4 is 10.6 Å². The number of amides is 1. The van der Waals surface area contributed by atoms with Crippen molar-refractivity contribution >= 4 is 23.1 Å². The Morgan fingerprint density at radius 1 is 0.963 bits per heavy atom. The molecule has 0 saturated carbocycles. The summed E-state index contributed by atoms with van der Waals surface area (Å²) >= 11 is 0. The Morgan fingerprint density at radius 3 is 2.33 bits per heavy atom. The molecule has 2 aromatic carbocycles. The molecule has 0 unspecified atom stereocenters. The molecular weight excluding hydrogens is 336 g/mol. The molecule has 0 bridgehead atoms. The number of carbonyl (C=O) groups excluding carboxylic acids is 1. The van der Waals surface area contributed by atoms with Crippen molar-refractivity contribution < 1.29 is 4.79 Å². The van der Waals surface area contributed by atoms with E-state index in [4.69, 9.17) is 0 Å². The van der Waals surface area contributed by atoms with Gasteiger partial charge in [-0.2, -0.15) is 0 Å². The predicted molar refractivity (Wildman–Crippen MR) is 110 cm³/mol. The van der Waals surface area contributed by atoms with E-state index in [0.717, 1.165) is 22.5 Å². The lowest BCUT2D eigenvalue weighted by Crippen LogP contribution is -2.15. The molecular formula is C22H24N4O. The van der Waals surface area contributed by atoms with Gasteiger partial charge < -0.3 is 10.6 Å². The zero-order valence-electron chi connectivity index (χ0n) is 16.1. The van der Waals surface area contributed by atoms with Crippen molar-refractivity contribution in [1.29, 1.82) is 0 Å². The van der Waals surface area contributed by atoms with Crippen LogP contribution in [0, 0.1) is 13.8 Å². The van der Waals surface area contributed by atoms with Crippen molar-refractivity contribution in [2.24, 2.45) is 0 Å². The van der Waals surface area contributed by atoms with Gasteiger partial charge in [0.15, 0.2) is 0 Å². The minimum atomic E-state index is -0.274. The molecule has 1 heterocycles. The van der Waals surface area contributed by atoms with Crippen LogP contribution in [0.5, 0.6) is 0 Å². The van der Waals surface area contributed by atoms with Gasteiger partial charge >= 0.3 is 0 Å². The number of aryl methyl sites for hydroxylation is 1. The number of hydrogen-bond acceptors (Lipinski definition) is 4. The van der Waals surface area contributed by atoms with E-state index in [1.165, 1.54) is 11.8 Å². The van der Waals surface area contributed by atoms with E-state index < -0.39 is 0 Å². The molecule has 5 nitrogen and oxygen atoms in total. The molecule has 0 saturated heterocycles. The maximum absolute atomic E-state index is 12.4. The fourth-order valence-corrected chi connectivity index (χ4v) is 2.68. The van der Waals surface area contributed by atoms with Crippen LogP contribution in [-0.2, 0) is 0 Å². The maximum atomic E-state index is 12.4. The van der Waals surface area contributed by atoms with Gasteiger partial charge in [0.05, 0.1) is 12.4 Å². The molecule has 3 aromatic rings. The monoisotopic (exact) mass is 360 g/mol. The average Bonchev–Trinajstić information content (AvgIpc) is 2.66. The molecule has 3 rings (SSSR count). The van der Waals surface area contributed by atoms with Crippen LogP contribution in [0.2, 0.25) is 0 Å². The Balaban J connectivity index is 1.67. The van der Waals surface area contributed by atoms with E-state index >= 15 is 0 Å². The number of benzene rings is 2. The Morgan fingerprint density at radius 2 is 1.70 bits per heavy atom.